The minimum absolute atomic E-state index is 0.0206. The predicted octanol–water partition coefficient (Wildman–Crippen LogP) is 1.93. The van der Waals surface area contributed by atoms with Crippen molar-refractivity contribution in [1.29, 1.82) is 0 Å². The van der Waals surface area contributed by atoms with Crippen LogP contribution in [0.5, 0.6) is 0 Å². The average molecular weight is 347 g/mol. The summed E-state index contributed by atoms with van der Waals surface area (Å²) in [5.74, 6) is -1.51. The number of nitrogens with zero attached hydrogens (tertiary/aromatic N) is 3. The van der Waals surface area contributed by atoms with Crippen molar-refractivity contribution in [2.45, 2.75) is 45.8 Å². The summed E-state index contributed by atoms with van der Waals surface area (Å²) in [6.45, 7) is 2.62. The monoisotopic (exact) mass is 347 g/mol. The lowest BCUT2D eigenvalue weighted by molar-refractivity contribution is -0.145. The third kappa shape index (κ3) is 4.27. The molecule has 9 heteroatoms. The van der Waals surface area contributed by atoms with E-state index in [-0.39, 0.29) is 12.3 Å². The lowest BCUT2D eigenvalue weighted by Gasteiger charge is -2.30. The number of hydrogen-bond acceptors (Lipinski definition) is 3. The molecule has 0 aliphatic carbocycles. The van der Waals surface area contributed by atoms with Crippen LogP contribution in [0.3, 0.4) is 0 Å². The van der Waals surface area contributed by atoms with Crippen LogP contribution in [-0.2, 0) is 22.6 Å². The van der Waals surface area contributed by atoms with Gasteiger partial charge in [0, 0.05) is 24.3 Å². The van der Waals surface area contributed by atoms with Crippen molar-refractivity contribution in [3.8, 4) is 0 Å². The number of hydrogen-bond donors (Lipinski definition) is 1. The highest BCUT2D eigenvalue weighted by molar-refractivity contribution is 5.80. The molecule has 1 N–H and O–H groups in total. The number of carboxylic acids is 1. The number of alkyl halides is 3. The summed E-state index contributed by atoms with van der Waals surface area (Å²) in [5.41, 5.74) is 1.24. The zero-order valence-corrected chi connectivity index (χ0v) is 13.6. The molecule has 1 saturated heterocycles. The normalized spacial score (nSPS) is 16.5. The lowest BCUT2D eigenvalue weighted by atomic mass is 9.96. The van der Waals surface area contributed by atoms with Gasteiger partial charge in [0.05, 0.1) is 18.0 Å². The Morgan fingerprint density at radius 2 is 1.83 bits per heavy atom. The van der Waals surface area contributed by atoms with Crippen LogP contribution >= 0.6 is 0 Å². The van der Waals surface area contributed by atoms with Crippen LogP contribution in [0, 0.1) is 19.8 Å². The summed E-state index contributed by atoms with van der Waals surface area (Å²) in [5, 5.41) is 12.8. The van der Waals surface area contributed by atoms with Crippen LogP contribution in [-0.4, -0.2) is 50.9 Å². The Morgan fingerprint density at radius 1 is 1.25 bits per heavy atom. The fraction of sp³-hybridized carbons (Fsp3) is 0.667. The van der Waals surface area contributed by atoms with E-state index in [9.17, 15) is 22.8 Å². The maximum atomic E-state index is 12.5. The fourth-order valence-electron chi connectivity index (χ4n) is 2.95. The first-order chi connectivity index (χ1) is 11.1. The summed E-state index contributed by atoms with van der Waals surface area (Å²) in [4.78, 5) is 24.9. The molecule has 0 spiro atoms. The van der Waals surface area contributed by atoms with Crippen LogP contribution in [0.4, 0.5) is 13.2 Å². The van der Waals surface area contributed by atoms with Gasteiger partial charge in [-0.25, -0.2) is 0 Å². The van der Waals surface area contributed by atoms with Gasteiger partial charge in [-0.15, -0.1) is 0 Å². The Bertz CT molecular complexity index is 632. The van der Waals surface area contributed by atoms with Crippen molar-refractivity contribution < 1.29 is 27.9 Å². The molecule has 1 amide bonds. The molecule has 0 atom stereocenters. The molecular formula is C15H20F3N3O3. The summed E-state index contributed by atoms with van der Waals surface area (Å²) >= 11 is 0. The Hall–Kier alpha value is -2.06. The third-order valence-electron chi connectivity index (χ3n) is 4.39. The highest BCUT2D eigenvalue weighted by atomic mass is 19.4. The van der Waals surface area contributed by atoms with E-state index in [1.54, 1.807) is 11.8 Å². The first-order valence-electron chi connectivity index (χ1n) is 7.68. The van der Waals surface area contributed by atoms with Gasteiger partial charge in [-0.1, -0.05) is 0 Å². The number of rotatable bonds is 4. The topological polar surface area (TPSA) is 75.4 Å². The second kappa shape index (κ2) is 6.82. The first-order valence-corrected chi connectivity index (χ1v) is 7.68. The average Bonchev–Trinajstić information content (AvgIpc) is 2.73. The number of piperidine rings is 1. The SMILES string of the molecule is Cc1nn(CC(F)(F)F)c(C)c1CC(=O)N1CCC(C(=O)O)CC1. The summed E-state index contributed by atoms with van der Waals surface area (Å²) in [7, 11) is 0. The standard InChI is InChI=1S/C15H20F3N3O3/c1-9-12(10(2)21(19-9)8-15(16,17)18)7-13(22)20-5-3-11(4-6-20)14(23)24/h11H,3-8H2,1-2H3,(H,23,24). The van der Waals surface area contributed by atoms with Crippen molar-refractivity contribution in [1.82, 2.24) is 14.7 Å². The van der Waals surface area contributed by atoms with Crippen molar-refractivity contribution >= 4 is 11.9 Å². The quantitative estimate of drug-likeness (QED) is 0.903. The van der Waals surface area contributed by atoms with E-state index in [1.165, 1.54) is 6.92 Å². The molecule has 0 aromatic carbocycles. The van der Waals surface area contributed by atoms with Gasteiger partial charge in [-0.05, 0) is 26.7 Å². The lowest BCUT2D eigenvalue weighted by Crippen LogP contribution is -2.41. The molecule has 1 fully saturated rings. The van der Waals surface area contributed by atoms with Gasteiger partial charge in [0.1, 0.15) is 6.54 Å². The molecule has 1 aliphatic heterocycles. The van der Waals surface area contributed by atoms with Crippen molar-refractivity contribution in [2.24, 2.45) is 5.92 Å². The maximum Gasteiger partial charge on any atom is 0.408 e. The minimum atomic E-state index is -4.37. The van der Waals surface area contributed by atoms with Crippen LogP contribution < -0.4 is 0 Å². The number of carbonyl (C=O) groups is 2. The highest BCUT2D eigenvalue weighted by Crippen LogP contribution is 2.23. The Labute approximate surface area is 137 Å². The van der Waals surface area contributed by atoms with E-state index in [0.29, 0.717) is 42.9 Å². The minimum Gasteiger partial charge on any atom is -0.481 e. The largest absolute Gasteiger partial charge is 0.481 e. The van der Waals surface area contributed by atoms with Gasteiger partial charge >= 0.3 is 12.1 Å². The van der Waals surface area contributed by atoms with E-state index >= 15 is 0 Å². The second-order valence-electron chi connectivity index (χ2n) is 6.09. The Balaban J connectivity index is 2.03. The first kappa shape index (κ1) is 18.3. The molecule has 134 valence electrons. The van der Waals surface area contributed by atoms with Gasteiger partial charge in [-0.2, -0.15) is 18.3 Å². The number of halogens is 3. The predicted molar refractivity (Wildman–Crippen MR) is 78.4 cm³/mol. The Morgan fingerprint density at radius 3 is 2.33 bits per heavy atom. The van der Waals surface area contributed by atoms with E-state index in [0.717, 1.165) is 4.68 Å². The van der Waals surface area contributed by atoms with E-state index in [1.807, 2.05) is 0 Å². The molecule has 6 nitrogen and oxygen atoms in total. The molecule has 24 heavy (non-hydrogen) atoms. The van der Waals surface area contributed by atoms with Gasteiger partial charge in [0.25, 0.3) is 0 Å². The molecule has 0 bridgehead atoms. The van der Waals surface area contributed by atoms with Crippen LogP contribution in [0.15, 0.2) is 0 Å². The van der Waals surface area contributed by atoms with Crippen molar-refractivity contribution in [3.63, 3.8) is 0 Å². The molecule has 1 aromatic rings. The zero-order valence-electron chi connectivity index (χ0n) is 13.6. The number of amides is 1. The molecule has 2 rings (SSSR count). The molecule has 0 radical (unpaired) electrons. The second-order valence-corrected chi connectivity index (χ2v) is 6.09. The smallest absolute Gasteiger partial charge is 0.408 e. The Kier molecular flexibility index (Phi) is 5.19. The summed E-state index contributed by atoms with van der Waals surface area (Å²) < 4.78 is 38.5. The molecule has 2 heterocycles. The highest BCUT2D eigenvalue weighted by Gasteiger charge is 2.31. The van der Waals surface area contributed by atoms with Crippen molar-refractivity contribution in [3.05, 3.63) is 17.0 Å². The van der Waals surface area contributed by atoms with Gasteiger partial charge in [0.15, 0.2) is 0 Å². The number of aromatic nitrogens is 2. The fourth-order valence-corrected chi connectivity index (χ4v) is 2.95. The van der Waals surface area contributed by atoms with Crippen LogP contribution in [0.25, 0.3) is 0 Å². The molecular weight excluding hydrogens is 327 g/mol. The van der Waals surface area contributed by atoms with Gasteiger partial charge < -0.3 is 10.0 Å². The van der Waals surface area contributed by atoms with Gasteiger partial charge in [0.2, 0.25) is 5.91 Å². The molecule has 0 saturated carbocycles. The number of aryl methyl sites for hydroxylation is 1. The van der Waals surface area contributed by atoms with Crippen molar-refractivity contribution in [2.75, 3.05) is 13.1 Å². The molecule has 1 aliphatic rings. The number of likely N-dealkylation sites (tertiary alicyclic amines) is 1. The van der Waals surface area contributed by atoms with Gasteiger partial charge in [-0.3, -0.25) is 14.3 Å². The molecule has 0 unspecified atom stereocenters. The number of aliphatic carboxylic acids is 1. The van der Waals surface area contributed by atoms with E-state index < -0.39 is 24.6 Å². The van der Waals surface area contributed by atoms with Crippen LogP contribution in [0.1, 0.15) is 29.8 Å². The molecule has 1 aromatic heterocycles. The summed E-state index contributed by atoms with van der Waals surface area (Å²) in [6.07, 6.45) is -3.60. The summed E-state index contributed by atoms with van der Waals surface area (Å²) in [6, 6.07) is 0. The zero-order chi connectivity index (χ0) is 18.1. The van der Waals surface area contributed by atoms with Crippen LogP contribution in [0.2, 0.25) is 0 Å². The third-order valence-corrected chi connectivity index (χ3v) is 4.39. The van der Waals surface area contributed by atoms with E-state index in [4.69, 9.17) is 5.11 Å². The number of carboxylic acid groups (broad SMARTS) is 1. The maximum absolute atomic E-state index is 12.5. The number of carbonyl (C=O) groups excluding carboxylic acids is 1. The van der Waals surface area contributed by atoms with E-state index in [2.05, 4.69) is 5.10 Å².